The molecule has 0 aromatic rings. The van der Waals surface area contributed by atoms with E-state index in [-0.39, 0.29) is 30.0 Å². The lowest BCUT2D eigenvalue weighted by molar-refractivity contribution is -0.174. The number of aliphatic hydroxyl groups is 2. The SMILES string of the molecule is C=C[C@@]1(C)C=C2CC[C@@H]3[C@](C)(CCC[C@@]3(C)C(=O)OCC(O)CO)[C@H]2CC1. The van der Waals surface area contributed by atoms with Crippen molar-refractivity contribution in [1.82, 2.24) is 0 Å². The van der Waals surface area contributed by atoms with E-state index in [1.807, 2.05) is 0 Å². The Hall–Kier alpha value is -1.13. The van der Waals surface area contributed by atoms with Gasteiger partial charge < -0.3 is 14.9 Å². The quantitative estimate of drug-likeness (QED) is 0.562. The molecule has 0 aliphatic heterocycles. The average molecular weight is 377 g/mol. The second-order valence-electron chi connectivity index (χ2n) is 9.82. The number of rotatable bonds is 5. The average Bonchev–Trinajstić information content (AvgIpc) is 2.65. The summed E-state index contributed by atoms with van der Waals surface area (Å²) in [6.45, 7) is 10.2. The Balaban J connectivity index is 1.84. The molecule has 3 aliphatic rings. The lowest BCUT2D eigenvalue weighted by Gasteiger charge is -2.59. The normalized spacial score (nSPS) is 42.3. The summed E-state index contributed by atoms with van der Waals surface area (Å²) < 4.78 is 5.44. The van der Waals surface area contributed by atoms with Crippen LogP contribution in [-0.4, -0.2) is 35.5 Å². The largest absolute Gasteiger partial charge is 0.462 e. The van der Waals surface area contributed by atoms with Crippen molar-refractivity contribution in [2.24, 2.45) is 28.1 Å². The molecule has 2 fully saturated rings. The maximum Gasteiger partial charge on any atom is 0.312 e. The van der Waals surface area contributed by atoms with E-state index >= 15 is 0 Å². The molecule has 2 saturated carbocycles. The number of hydrogen-bond donors (Lipinski definition) is 2. The molecule has 4 heteroatoms. The molecule has 3 aliphatic carbocycles. The van der Waals surface area contributed by atoms with E-state index in [4.69, 9.17) is 9.84 Å². The second kappa shape index (κ2) is 7.36. The third kappa shape index (κ3) is 3.51. The highest BCUT2D eigenvalue weighted by molar-refractivity contribution is 5.77. The summed E-state index contributed by atoms with van der Waals surface area (Å²) in [6, 6.07) is 0. The Morgan fingerprint density at radius 2 is 2.07 bits per heavy atom. The second-order valence-corrected chi connectivity index (χ2v) is 9.82. The summed E-state index contributed by atoms with van der Waals surface area (Å²) >= 11 is 0. The fraction of sp³-hybridized carbons (Fsp3) is 0.783. The van der Waals surface area contributed by atoms with Gasteiger partial charge in [0, 0.05) is 5.41 Å². The van der Waals surface area contributed by atoms with Gasteiger partial charge in [-0.3, -0.25) is 4.79 Å². The summed E-state index contributed by atoms with van der Waals surface area (Å²) in [5, 5.41) is 18.5. The molecule has 2 N–H and O–H groups in total. The summed E-state index contributed by atoms with van der Waals surface area (Å²) in [4.78, 5) is 13.0. The van der Waals surface area contributed by atoms with Crippen LogP contribution in [-0.2, 0) is 9.53 Å². The lowest BCUT2D eigenvalue weighted by atomic mass is 9.45. The van der Waals surface area contributed by atoms with Crippen molar-refractivity contribution < 1.29 is 19.7 Å². The van der Waals surface area contributed by atoms with Crippen LogP contribution in [0.3, 0.4) is 0 Å². The number of hydrogen-bond acceptors (Lipinski definition) is 4. The van der Waals surface area contributed by atoms with Gasteiger partial charge in [0.1, 0.15) is 12.7 Å². The molecule has 0 radical (unpaired) electrons. The van der Waals surface area contributed by atoms with Gasteiger partial charge in [-0.25, -0.2) is 0 Å². The van der Waals surface area contributed by atoms with Gasteiger partial charge in [-0.1, -0.05) is 38.0 Å². The predicted molar refractivity (Wildman–Crippen MR) is 106 cm³/mol. The first-order valence-electron chi connectivity index (χ1n) is 10.5. The molecule has 0 bridgehead atoms. The zero-order chi connectivity index (χ0) is 19.9. The monoisotopic (exact) mass is 376 g/mol. The standard InChI is InChI=1S/C23H36O4/c1-5-21(2)12-9-18-16(13-21)7-8-19-22(18,3)10-6-11-23(19,4)20(26)27-15-17(25)14-24/h5,13,17-19,24-25H,1,6-12,14-15H2,2-4H3/t17?,18-,19+,21+,22+,23+/m0/s1. The van der Waals surface area contributed by atoms with E-state index in [1.165, 1.54) is 0 Å². The van der Waals surface area contributed by atoms with E-state index in [1.54, 1.807) is 5.57 Å². The molecule has 27 heavy (non-hydrogen) atoms. The molecule has 4 nitrogen and oxygen atoms in total. The van der Waals surface area contributed by atoms with Crippen LogP contribution in [0.15, 0.2) is 24.3 Å². The molecule has 152 valence electrons. The topological polar surface area (TPSA) is 66.8 Å². The maximum atomic E-state index is 13.0. The third-order valence-corrected chi connectivity index (χ3v) is 7.98. The number of allylic oxidation sites excluding steroid dienone is 3. The Morgan fingerprint density at radius 3 is 2.74 bits per heavy atom. The molecule has 0 aromatic heterocycles. The van der Waals surface area contributed by atoms with E-state index in [9.17, 15) is 9.90 Å². The fourth-order valence-electron chi connectivity index (χ4n) is 6.32. The van der Waals surface area contributed by atoms with Crippen molar-refractivity contribution in [3.8, 4) is 0 Å². The van der Waals surface area contributed by atoms with Crippen LogP contribution in [0.2, 0.25) is 0 Å². The first-order chi connectivity index (χ1) is 12.7. The van der Waals surface area contributed by atoms with Gasteiger partial charge in [0.15, 0.2) is 0 Å². The molecule has 0 amide bonds. The molecular weight excluding hydrogens is 340 g/mol. The highest BCUT2D eigenvalue weighted by Gasteiger charge is 2.58. The molecule has 3 rings (SSSR count). The van der Waals surface area contributed by atoms with Crippen LogP contribution in [0.4, 0.5) is 0 Å². The zero-order valence-corrected chi connectivity index (χ0v) is 17.2. The highest BCUT2D eigenvalue weighted by Crippen LogP contribution is 2.64. The summed E-state index contributed by atoms with van der Waals surface area (Å²) in [6.07, 6.45) is 10.9. The van der Waals surface area contributed by atoms with E-state index in [2.05, 4.69) is 39.5 Å². The Bertz CT molecular complexity index is 626. The number of fused-ring (bicyclic) bond motifs is 3. The maximum absolute atomic E-state index is 13.0. The van der Waals surface area contributed by atoms with E-state index in [0.29, 0.717) is 11.8 Å². The predicted octanol–water partition coefficient (Wildman–Crippen LogP) is 4.02. The molecule has 0 aromatic carbocycles. The molecular formula is C23H36O4. The summed E-state index contributed by atoms with van der Waals surface area (Å²) in [5.74, 6) is 0.637. The number of carbonyl (C=O) groups excluding carboxylic acids is 1. The molecule has 0 saturated heterocycles. The highest BCUT2D eigenvalue weighted by atomic mass is 16.5. The van der Waals surface area contributed by atoms with Crippen molar-refractivity contribution in [2.75, 3.05) is 13.2 Å². The first kappa shape index (κ1) is 20.6. The van der Waals surface area contributed by atoms with Gasteiger partial charge in [-0.15, -0.1) is 6.58 Å². The minimum Gasteiger partial charge on any atom is -0.462 e. The summed E-state index contributed by atoms with van der Waals surface area (Å²) in [7, 11) is 0. The van der Waals surface area contributed by atoms with Gasteiger partial charge in [-0.2, -0.15) is 0 Å². The van der Waals surface area contributed by atoms with Crippen LogP contribution in [0, 0.1) is 28.1 Å². The van der Waals surface area contributed by atoms with Gasteiger partial charge in [-0.05, 0) is 62.7 Å². The molecule has 6 atom stereocenters. The first-order valence-corrected chi connectivity index (χ1v) is 10.5. The van der Waals surface area contributed by atoms with Gasteiger partial charge in [0.2, 0.25) is 0 Å². The van der Waals surface area contributed by atoms with Crippen LogP contribution < -0.4 is 0 Å². The van der Waals surface area contributed by atoms with Crippen LogP contribution in [0.25, 0.3) is 0 Å². The molecule has 1 unspecified atom stereocenters. The lowest BCUT2D eigenvalue weighted by Crippen LogP contribution is -2.54. The Labute approximate surface area is 163 Å². The Kier molecular flexibility index (Phi) is 5.62. The van der Waals surface area contributed by atoms with Gasteiger partial charge >= 0.3 is 5.97 Å². The minimum atomic E-state index is -0.997. The molecule has 0 spiro atoms. The minimum absolute atomic E-state index is 0.104. The Morgan fingerprint density at radius 1 is 1.33 bits per heavy atom. The number of esters is 1. The molecule has 0 heterocycles. The van der Waals surface area contributed by atoms with Crippen LogP contribution in [0.5, 0.6) is 0 Å². The fourth-order valence-corrected chi connectivity index (χ4v) is 6.32. The van der Waals surface area contributed by atoms with Crippen molar-refractivity contribution in [1.29, 1.82) is 0 Å². The summed E-state index contributed by atoms with van der Waals surface area (Å²) in [5.41, 5.74) is 1.28. The smallest absolute Gasteiger partial charge is 0.312 e. The van der Waals surface area contributed by atoms with Gasteiger partial charge in [0.25, 0.3) is 0 Å². The van der Waals surface area contributed by atoms with Crippen LogP contribution >= 0.6 is 0 Å². The number of carbonyl (C=O) groups is 1. The van der Waals surface area contributed by atoms with Crippen molar-refractivity contribution >= 4 is 5.97 Å². The van der Waals surface area contributed by atoms with Crippen LogP contribution in [0.1, 0.15) is 65.7 Å². The van der Waals surface area contributed by atoms with Gasteiger partial charge in [0.05, 0.1) is 12.0 Å². The van der Waals surface area contributed by atoms with E-state index < -0.39 is 11.5 Å². The van der Waals surface area contributed by atoms with E-state index in [0.717, 1.165) is 44.9 Å². The van der Waals surface area contributed by atoms with Crippen molar-refractivity contribution in [3.05, 3.63) is 24.3 Å². The zero-order valence-electron chi connectivity index (χ0n) is 17.2. The number of aliphatic hydroxyl groups excluding tert-OH is 2. The van der Waals surface area contributed by atoms with Crippen molar-refractivity contribution in [2.45, 2.75) is 71.8 Å². The van der Waals surface area contributed by atoms with Crippen molar-refractivity contribution in [3.63, 3.8) is 0 Å². The third-order valence-electron chi connectivity index (χ3n) is 7.98. The number of ether oxygens (including phenoxy) is 1.